The van der Waals surface area contributed by atoms with Gasteiger partial charge in [-0.3, -0.25) is 0 Å². The van der Waals surface area contributed by atoms with Crippen LogP contribution in [0.15, 0.2) is 11.1 Å². The van der Waals surface area contributed by atoms with Gasteiger partial charge in [0.15, 0.2) is 0 Å². The molecule has 0 aromatic carbocycles. The van der Waals surface area contributed by atoms with E-state index in [9.17, 15) is 4.79 Å². The maximum atomic E-state index is 11.1. The summed E-state index contributed by atoms with van der Waals surface area (Å²) in [6, 6.07) is 0. The van der Waals surface area contributed by atoms with Crippen LogP contribution in [0.1, 0.15) is 47.0 Å². The van der Waals surface area contributed by atoms with Crippen molar-refractivity contribution >= 4 is 6.29 Å². The molecule has 1 heteroatoms. The second-order valence-electron chi connectivity index (χ2n) is 4.76. The second-order valence-corrected chi connectivity index (χ2v) is 4.76. The fraction of sp³-hybridized carbons (Fsp3) is 0.750. The van der Waals surface area contributed by atoms with Crippen molar-refractivity contribution in [1.29, 1.82) is 0 Å². The Bertz CT molecular complexity index is 236. The number of allylic oxidation sites excluding steroid dienone is 2. The monoisotopic (exact) mass is 180 g/mol. The molecule has 0 aliphatic heterocycles. The molecule has 0 radical (unpaired) electrons. The Labute approximate surface area is 81.2 Å². The molecule has 1 atom stereocenters. The molecule has 1 rings (SSSR count). The van der Waals surface area contributed by atoms with E-state index >= 15 is 0 Å². The van der Waals surface area contributed by atoms with Gasteiger partial charge in [0.25, 0.3) is 0 Å². The van der Waals surface area contributed by atoms with Gasteiger partial charge in [-0.05, 0) is 31.6 Å². The van der Waals surface area contributed by atoms with Crippen molar-refractivity contribution in [3.05, 3.63) is 11.1 Å². The summed E-state index contributed by atoms with van der Waals surface area (Å²) in [4.78, 5) is 11.1. The largest absolute Gasteiger partial charge is 0.303 e. The third kappa shape index (κ3) is 1.84. The van der Waals surface area contributed by atoms with Gasteiger partial charge in [-0.25, -0.2) is 0 Å². The van der Waals surface area contributed by atoms with E-state index in [0.29, 0.717) is 0 Å². The van der Waals surface area contributed by atoms with Gasteiger partial charge in [0.1, 0.15) is 6.29 Å². The van der Waals surface area contributed by atoms with Crippen LogP contribution in [-0.4, -0.2) is 6.29 Å². The first kappa shape index (κ1) is 10.5. The van der Waals surface area contributed by atoms with Crippen LogP contribution in [-0.2, 0) is 4.79 Å². The Kier molecular flexibility index (Phi) is 2.94. The number of aldehydes is 1. The molecule has 0 saturated heterocycles. The zero-order valence-electron chi connectivity index (χ0n) is 9.18. The predicted molar refractivity (Wildman–Crippen MR) is 55.6 cm³/mol. The van der Waals surface area contributed by atoms with Crippen molar-refractivity contribution in [2.24, 2.45) is 11.3 Å². The maximum absolute atomic E-state index is 11.1. The first-order valence-corrected chi connectivity index (χ1v) is 5.16. The van der Waals surface area contributed by atoms with E-state index in [1.165, 1.54) is 17.6 Å². The molecule has 1 aliphatic rings. The van der Waals surface area contributed by atoms with Crippen molar-refractivity contribution in [3.63, 3.8) is 0 Å². The average Bonchev–Trinajstić information content (AvgIpc) is 2.08. The van der Waals surface area contributed by atoms with Gasteiger partial charge < -0.3 is 4.79 Å². The third-order valence-electron chi connectivity index (χ3n) is 3.43. The lowest BCUT2D eigenvalue weighted by atomic mass is 9.66. The quantitative estimate of drug-likeness (QED) is 0.470. The molecule has 0 bridgehead atoms. The standard InChI is InChI=1S/C12H20O/c1-5-10-9(2)6-7-12(3,4)11(10)8-13/h8,11H,5-7H2,1-4H3. The Morgan fingerprint density at radius 1 is 1.54 bits per heavy atom. The van der Waals surface area contributed by atoms with Crippen LogP contribution in [0.2, 0.25) is 0 Å². The van der Waals surface area contributed by atoms with Crippen molar-refractivity contribution in [2.45, 2.75) is 47.0 Å². The first-order chi connectivity index (χ1) is 6.03. The van der Waals surface area contributed by atoms with Gasteiger partial charge in [0.05, 0.1) is 0 Å². The predicted octanol–water partition coefficient (Wildman–Crippen LogP) is 3.35. The summed E-state index contributed by atoms with van der Waals surface area (Å²) in [6.45, 7) is 8.73. The van der Waals surface area contributed by atoms with Crippen molar-refractivity contribution in [2.75, 3.05) is 0 Å². The molecule has 0 spiro atoms. The Morgan fingerprint density at radius 3 is 2.54 bits per heavy atom. The van der Waals surface area contributed by atoms with E-state index in [1.807, 2.05) is 0 Å². The van der Waals surface area contributed by atoms with Crippen LogP contribution in [0.3, 0.4) is 0 Å². The molecule has 1 unspecified atom stereocenters. The summed E-state index contributed by atoms with van der Waals surface area (Å²) in [5.41, 5.74) is 3.00. The number of hydrogen-bond donors (Lipinski definition) is 0. The van der Waals surface area contributed by atoms with E-state index in [1.54, 1.807) is 0 Å². The highest BCUT2D eigenvalue weighted by atomic mass is 16.1. The minimum atomic E-state index is 0.159. The summed E-state index contributed by atoms with van der Waals surface area (Å²) < 4.78 is 0. The second kappa shape index (κ2) is 3.65. The molecule has 0 aromatic heterocycles. The molecule has 13 heavy (non-hydrogen) atoms. The van der Waals surface area contributed by atoms with Gasteiger partial charge in [-0.1, -0.05) is 31.9 Å². The van der Waals surface area contributed by atoms with Gasteiger partial charge in [0, 0.05) is 5.92 Å². The molecule has 0 fully saturated rings. The molecular formula is C12H20O. The van der Waals surface area contributed by atoms with Crippen LogP contribution < -0.4 is 0 Å². The van der Waals surface area contributed by atoms with Crippen LogP contribution in [0.25, 0.3) is 0 Å². The number of hydrogen-bond acceptors (Lipinski definition) is 1. The fourth-order valence-corrected chi connectivity index (χ4v) is 2.35. The minimum Gasteiger partial charge on any atom is -0.303 e. The highest BCUT2D eigenvalue weighted by Gasteiger charge is 2.35. The van der Waals surface area contributed by atoms with Crippen LogP contribution in [0.5, 0.6) is 0 Å². The SMILES string of the molecule is CCC1=C(C)CCC(C)(C)C1C=O. The maximum Gasteiger partial charge on any atom is 0.127 e. The molecule has 0 saturated carbocycles. The molecule has 1 nitrogen and oxygen atoms in total. The van der Waals surface area contributed by atoms with Gasteiger partial charge in [-0.2, -0.15) is 0 Å². The topological polar surface area (TPSA) is 17.1 Å². The smallest absolute Gasteiger partial charge is 0.127 e. The normalized spacial score (nSPS) is 27.5. The Hall–Kier alpha value is -0.590. The van der Waals surface area contributed by atoms with Crippen LogP contribution in [0.4, 0.5) is 0 Å². The minimum absolute atomic E-state index is 0.159. The molecular weight excluding hydrogens is 160 g/mol. The first-order valence-electron chi connectivity index (χ1n) is 5.16. The molecule has 0 aromatic rings. The van der Waals surface area contributed by atoms with Crippen LogP contribution in [0, 0.1) is 11.3 Å². The summed E-state index contributed by atoms with van der Waals surface area (Å²) >= 11 is 0. The van der Waals surface area contributed by atoms with E-state index in [2.05, 4.69) is 27.7 Å². The summed E-state index contributed by atoms with van der Waals surface area (Å²) in [5.74, 6) is 0.159. The summed E-state index contributed by atoms with van der Waals surface area (Å²) in [7, 11) is 0. The van der Waals surface area contributed by atoms with E-state index in [4.69, 9.17) is 0 Å². The van der Waals surface area contributed by atoms with Gasteiger partial charge in [0.2, 0.25) is 0 Å². The molecule has 0 amide bonds. The van der Waals surface area contributed by atoms with Gasteiger partial charge >= 0.3 is 0 Å². The molecule has 0 heterocycles. The number of carbonyl (C=O) groups excluding carboxylic acids is 1. The summed E-state index contributed by atoms with van der Waals surface area (Å²) in [6.07, 6.45) is 4.48. The number of carbonyl (C=O) groups is 1. The highest BCUT2D eigenvalue weighted by Crippen LogP contribution is 2.43. The highest BCUT2D eigenvalue weighted by molar-refractivity contribution is 5.61. The van der Waals surface area contributed by atoms with Crippen molar-refractivity contribution in [3.8, 4) is 0 Å². The fourth-order valence-electron chi connectivity index (χ4n) is 2.35. The summed E-state index contributed by atoms with van der Waals surface area (Å²) in [5, 5.41) is 0. The molecule has 1 aliphatic carbocycles. The lowest BCUT2D eigenvalue weighted by Crippen LogP contribution is -2.31. The van der Waals surface area contributed by atoms with Crippen LogP contribution >= 0.6 is 0 Å². The number of rotatable bonds is 2. The van der Waals surface area contributed by atoms with E-state index < -0.39 is 0 Å². The zero-order chi connectivity index (χ0) is 10.1. The van der Waals surface area contributed by atoms with E-state index in [-0.39, 0.29) is 11.3 Å². The lowest BCUT2D eigenvalue weighted by molar-refractivity contribution is -0.113. The molecule has 74 valence electrons. The molecule has 0 N–H and O–H groups in total. The Morgan fingerprint density at radius 2 is 2.15 bits per heavy atom. The third-order valence-corrected chi connectivity index (χ3v) is 3.43. The van der Waals surface area contributed by atoms with E-state index in [0.717, 1.165) is 19.1 Å². The van der Waals surface area contributed by atoms with Crippen molar-refractivity contribution in [1.82, 2.24) is 0 Å². The van der Waals surface area contributed by atoms with Crippen molar-refractivity contribution < 1.29 is 4.79 Å². The zero-order valence-corrected chi connectivity index (χ0v) is 9.18. The van der Waals surface area contributed by atoms with Gasteiger partial charge in [-0.15, -0.1) is 0 Å². The Balaban J connectivity index is 3.04. The lowest BCUT2D eigenvalue weighted by Gasteiger charge is -2.37. The average molecular weight is 180 g/mol.